The quantitative estimate of drug-likeness (QED) is 0.717. The molecule has 0 bridgehead atoms. The van der Waals surface area contributed by atoms with Crippen LogP contribution in [0.3, 0.4) is 0 Å². The maximum atomic E-state index is 6.31. The van der Waals surface area contributed by atoms with E-state index in [0.717, 1.165) is 18.5 Å². The Hall–Kier alpha value is -1.92. The van der Waals surface area contributed by atoms with E-state index in [4.69, 9.17) is 5.73 Å². The summed E-state index contributed by atoms with van der Waals surface area (Å²) in [5.41, 5.74) is 6.87. The van der Waals surface area contributed by atoms with Gasteiger partial charge in [0.15, 0.2) is 5.96 Å². The van der Waals surface area contributed by atoms with Crippen LogP contribution in [-0.2, 0) is 6.54 Å². The number of aliphatic imine (C=N–C) groups is 1. The standard InChI is InChI=1S/C14H22N6/c1-20(2)10-6-14(15)5-9-17-13(19-14)18-11-12-3-7-16-8-4-12/h3-5,7-9H,6,10-11,15H2,1-2H3,(H2,17,18,19). The van der Waals surface area contributed by atoms with Crippen LogP contribution in [0.2, 0.25) is 0 Å². The Morgan fingerprint density at radius 2 is 2.10 bits per heavy atom. The number of aromatic nitrogens is 1. The van der Waals surface area contributed by atoms with Crippen molar-refractivity contribution >= 4 is 5.96 Å². The molecule has 108 valence electrons. The van der Waals surface area contributed by atoms with Crippen molar-refractivity contribution in [1.82, 2.24) is 20.5 Å². The lowest BCUT2D eigenvalue weighted by atomic mass is 10.1. The molecule has 4 N–H and O–H groups in total. The van der Waals surface area contributed by atoms with Gasteiger partial charge in [-0.25, -0.2) is 4.99 Å². The number of pyridine rings is 1. The summed E-state index contributed by atoms with van der Waals surface area (Å²) in [6, 6.07) is 3.90. The molecule has 2 rings (SSSR count). The van der Waals surface area contributed by atoms with Gasteiger partial charge < -0.3 is 21.3 Å². The molecule has 0 spiro atoms. The third-order valence-electron chi connectivity index (χ3n) is 3.09. The van der Waals surface area contributed by atoms with E-state index in [1.54, 1.807) is 12.4 Å². The van der Waals surface area contributed by atoms with Crippen LogP contribution in [0.1, 0.15) is 12.0 Å². The Morgan fingerprint density at radius 3 is 2.80 bits per heavy atom. The van der Waals surface area contributed by atoms with Crippen LogP contribution in [0.25, 0.3) is 0 Å². The molecular weight excluding hydrogens is 252 g/mol. The SMILES string of the molecule is CN(C)CCC1(N)C=CNC(=NCc2ccncc2)N1. The van der Waals surface area contributed by atoms with Crippen molar-refractivity contribution in [3.63, 3.8) is 0 Å². The van der Waals surface area contributed by atoms with E-state index in [2.05, 4.69) is 25.5 Å². The number of hydrogen-bond acceptors (Lipinski definition) is 4. The maximum Gasteiger partial charge on any atom is 0.197 e. The highest BCUT2D eigenvalue weighted by atomic mass is 15.3. The summed E-state index contributed by atoms with van der Waals surface area (Å²) in [7, 11) is 4.07. The Kier molecular flexibility index (Phi) is 4.70. The molecule has 2 heterocycles. The van der Waals surface area contributed by atoms with Gasteiger partial charge in [-0.3, -0.25) is 4.98 Å². The zero-order valence-electron chi connectivity index (χ0n) is 12.0. The van der Waals surface area contributed by atoms with Crippen molar-refractivity contribution in [2.24, 2.45) is 10.7 Å². The highest BCUT2D eigenvalue weighted by Crippen LogP contribution is 2.08. The van der Waals surface area contributed by atoms with E-state index in [9.17, 15) is 0 Å². The Morgan fingerprint density at radius 1 is 1.35 bits per heavy atom. The highest BCUT2D eigenvalue weighted by Gasteiger charge is 2.25. The molecule has 6 nitrogen and oxygen atoms in total. The second-order valence-electron chi connectivity index (χ2n) is 5.22. The molecule has 1 atom stereocenters. The molecule has 1 aromatic heterocycles. The molecule has 1 aromatic rings. The molecule has 0 aromatic carbocycles. The molecule has 0 fully saturated rings. The van der Waals surface area contributed by atoms with Gasteiger partial charge in [-0.1, -0.05) is 0 Å². The zero-order chi connectivity index (χ0) is 14.4. The normalized spacial score (nSPS) is 23.7. The Labute approximate surface area is 119 Å². The van der Waals surface area contributed by atoms with Crippen molar-refractivity contribution in [3.8, 4) is 0 Å². The van der Waals surface area contributed by atoms with Gasteiger partial charge in [0.2, 0.25) is 0 Å². The van der Waals surface area contributed by atoms with Crippen molar-refractivity contribution in [3.05, 3.63) is 42.4 Å². The van der Waals surface area contributed by atoms with Gasteiger partial charge in [0.05, 0.1) is 6.54 Å². The minimum absolute atomic E-state index is 0.549. The van der Waals surface area contributed by atoms with Crippen molar-refractivity contribution < 1.29 is 0 Å². The van der Waals surface area contributed by atoms with Crippen LogP contribution in [0, 0.1) is 0 Å². The fourth-order valence-corrected chi connectivity index (χ4v) is 1.87. The van der Waals surface area contributed by atoms with Crippen molar-refractivity contribution in [2.45, 2.75) is 18.6 Å². The average Bonchev–Trinajstić information content (AvgIpc) is 2.44. The third-order valence-corrected chi connectivity index (χ3v) is 3.09. The molecule has 0 amide bonds. The van der Waals surface area contributed by atoms with E-state index < -0.39 is 5.66 Å². The van der Waals surface area contributed by atoms with Gasteiger partial charge in [-0.15, -0.1) is 0 Å². The zero-order valence-corrected chi connectivity index (χ0v) is 12.0. The van der Waals surface area contributed by atoms with Gasteiger partial charge >= 0.3 is 0 Å². The lowest BCUT2D eigenvalue weighted by molar-refractivity contribution is 0.333. The van der Waals surface area contributed by atoms with Gasteiger partial charge in [0, 0.05) is 31.6 Å². The van der Waals surface area contributed by atoms with E-state index in [0.29, 0.717) is 12.5 Å². The molecule has 6 heteroatoms. The van der Waals surface area contributed by atoms with E-state index in [-0.39, 0.29) is 0 Å². The predicted molar refractivity (Wildman–Crippen MR) is 80.9 cm³/mol. The Balaban J connectivity index is 1.96. The molecule has 0 saturated carbocycles. The lowest BCUT2D eigenvalue weighted by Crippen LogP contribution is -2.60. The topological polar surface area (TPSA) is 78.6 Å². The number of nitrogens with two attached hydrogens (primary N) is 1. The van der Waals surface area contributed by atoms with E-state index in [1.165, 1.54) is 0 Å². The molecule has 1 unspecified atom stereocenters. The van der Waals surface area contributed by atoms with Crippen LogP contribution < -0.4 is 16.4 Å². The van der Waals surface area contributed by atoms with Gasteiger partial charge in [0.25, 0.3) is 0 Å². The number of hydrogen-bond donors (Lipinski definition) is 3. The minimum atomic E-state index is -0.549. The lowest BCUT2D eigenvalue weighted by Gasteiger charge is -2.33. The number of nitrogens with one attached hydrogen (secondary N) is 2. The summed E-state index contributed by atoms with van der Waals surface area (Å²) in [6.45, 7) is 1.50. The summed E-state index contributed by atoms with van der Waals surface area (Å²) >= 11 is 0. The summed E-state index contributed by atoms with van der Waals surface area (Å²) < 4.78 is 0. The molecular formula is C14H22N6. The van der Waals surface area contributed by atoms with Gasteiger partial charge in [0.1, 0.15) is 5.66 Å². The summed E-state index contributed by atoms with van der Waals surface area (Å²) in [5, 5.41) is 6.32. The first kappa shape index (κ1) is 14.5. The van der Waals surface area contributed by atoms with Gasteiger partial charge in [-0.2, -0.15) is 0 Å². The fourth-order valence-electron chi connectivity index (χ4n) is 1.87. The first-order chi connectivity index (χ1) is 9.57. The first-order valence-corrected chi connectivity index (χ1v) is 6.67. The molecule has 1 aliphatic heterocycles. The Bertz CT molecular complexity index is 482. The second kappa shape index (κ2) is 6.49. The summed E-state index contributed by atoms with van der Waals surface area (Å²) in [4.78, 5) is 10.6. The number of guanidine groups is 1. The first-order valence-electron chi connectivity index (χ1n) is 6.67. The second-order valence-corrected chi connectivity index (χ2v) is 5.22. The average molecular weight is 274 g/mol. The molecule has 1 aliphatic rings. The van der Waals surface area contributed by atoms with Crippen LogP contribution >= 0.6 is 0 Å². The summed E-state index contributed by atoms with van der Waals surface area (Å²) in [6.07, 6.45) is 8.12. The van der Waals surface area contributed by atoms with Crippen molar-refractivity contribution in [2.75, 3.05) is 20.6 Å². The summed E-state index contributed by atoms with van der Waals surface area (Å²) in [5.74, 6) is 0.700. The molecule has 0 aliphatic carbocycles. The van der Waals surface area contributed by atoms with E-state index >= 15 is 0 Å². The van der Waals surface area contributed by atoms with Gasteiger partial charge in [-0.05, 0) is 37.9 Å². The van der Waals surface area contributed by atoms with Crippen LogP contribution in [-0.4, -0.2) is 42.1 Å². The molecule has 20 heavy (non-hydrogen) atoms. The van der Waals surface area contributed by atoms with Crippen LogP contribution in [0.15, 0.2) is 41.8 Å². The molecule has 0 saturated heterocycles. The fraction of sp³-hybridized carbons (Fsp3) is 0.429. The maximum absolute atomic E-state index is 6.31. The third kappa shape index (κ3) is 4.32. The monoisotopic (exact) mass is 274 g/mol. The van der Waals surface area contributed by atoms with E-state index in [1.807, 2.05) is 38.5 Å². The van der Waals surface area contributed by atoms with Crippen molar-refractivity contribution in [1.29, 1.82) is 0 Å². The highest BCUT2D eigenvalue weighted by molar-refractivity contribution is 5.82. The van der Waals surface area contributed by atoms with Crippen LogP contribution in [0.5, 0.6) is 0 Å². The smallest absolute Gasteiger partial charge is 0.197 e. The largest absolute Gasteiger partial charge is 0.335 e. The number of nitrogens with zero attached hydrogens (tertiary/aromatic N) is 3. The van der Waals surface area contributed by atoms with Crippen LogP contribution in [0.4, 0.5) is 0 Å². The molecule has 0 radical (unpaired) electrons. The number of rotatable bonds is 5. The minimum Gasteiger partial charge on any atom is -0.335 e. The predicted octanol–water partition coefficient (Wildman–Crippen LogP) is 0.251.